The fourth-order valence-electron chi connectivity index (χ4n) is 2.55. The SMILES string of the molecule is CCc1nn(-c2ccccc2)c(-c2ccccc2)c1C(=O)O. The summed E-state index contributed by atoms with van der Waals surface area (Å²) >= 11 is 0. The van der Waals surface area contributed by atoms with E-state index in [1.54, 1.807) is 4.68 Å². The van der Waals surface area contributed by atoms with Crippen molar-refractivity contribution < 1.29 is 9.90 Å². The summed E-state index contributed by atoms with van der Waals surface area (Å²) < 4.78 is 1.72. The Bertz CT molecular complexity index is 793. The summed E-state index contributed by atoms with van der Waals surface area (Å²) in [6, 6.07) is 19.1. The van der Waals surface area contributed by atoms with E-state index in [1.807, 2.05) is 67.6 Å². The Kier molecular flexibility index (Phi) is 3.74. The Morgan fingerprint density at radius 2 is 1.64 bits per heavy atom. The maximum Gasteiger partial charge on any atom is 0.339 e. The van der Waals surface area contributed by atoms with Crippen molar-refractivity contribution in [2.24, 2.45) is 0 Å². The average molecular weight is 292 g/mol. The van der Waals surface area contributed by atoms with Crippen molar-refractivity contribution in [3.8, 4) is 16.9 Å². The first-order valence-corrected chi connectivity index (χ1v) is 7.18. The topological polar surface area (TPSA) is 55.1 Å². The molecule has 22 heavy (non-hydrogen) atoms. The smallest absolute Gasteiger partial charge is 0.339 e. The molecule has 0 amide bonds. The van der Waals surface area contributed by atoms with Crippen LogP contribution in [0.25, 0.3) is 16.9 Å². The molecule has 0 aliphatic heterocycles. The molecule has 4 heteroatoms. The van der Waals surface area contributed by atoms with Crippen molar-refractivity contribution in [2.45, 2.75) is 13.3 Å². The third-order valence-electron chi connectivity index (χ3n) is 3.55. The van der Waals surface area contributed by atoms with Gasteiger partial charge in [-0.3, -0.25) is 0 Å². The minimum atomic E-state index is -0.946. The second kappa shape index (κ2) is 5.85. The van der Waals surface area contributed by atoms with Crippen molar-refractivity contribution in [1.82, 2.24) is 9.78 Å². The number of aromatic carboxylic acids is 1. The van der Waals surface area contributed by atoms with Gasteiger partial charge in [0.25, 0.3) is 0 Å². The van der Waals surface area contributed by atoms with E-state index in [0.717, 1.165) is 11.3 Å². The van der Waals surface area contributed by atoms with Crippen LogP contribution >= 0.6 is 0 Å². The summed E-state index contributed by atoms with van der Waals surface area (Å²) in [7, 11) is 0. The molecule has 0 saturated heterocycles. The maximum atomic E-state index is 11.8. The first-order chi connectivity index (χ1) is 10.7. The summed E-state index contributed by atoms with van der Waals surface area (Å²) in [5.41, 5.74) is 3.18. The molecule has 2 aromatic carbocycles. The lowest BCUT2D eigenvalue weighted by atomic mass is 10.0. The molecule has 0 fully saturated rings. The molecule has 0 aliphatic carbocycles. The van der Waals surface area contributed by atoms with E-state index >= 15 is 0 Å². The van der Waals surface area contributed by atoms with Crippen molar-refractivity contribution in [3.05, 3.63) is 71.9 Å². The zero-order valence-corrected chi connectivity index (χ0v) is 12.2. The van der Waals surface area contributed by atoms with Gasteiger partial charge >= 0.3 is 5.97 Å². The first-order valence-electron chi connectivity index (χ1n) is 7.18. The zero-order valence-electron chi connectivity index (χ0n) is 12.2. The van der Waals surface area contributed by atoms with Crippen LogP contribution in [0.15, 0.2) is 60.7 Å². The number of hydrogen-bond acceptors (Lipinski definition) is 2. The van der Waals surface area contributed by atoms with Crippen LogP contribution in [0.1, 0.15) is 23.0 Å². The number of nitrogens with zero attached hydrogens (tertiary/aromatic N) is 2. The number of aryl methyl sites for hydroxylation is 1. The number of aromatic nitrogens is 2. The second-order valence-corrected chi connectivity index (χ2v) is 4.94. The normalized spacial score (nSPS) is 10.6. The minimum absolute atomic E-state index is 0.276. The van der Waals surface area contributed by atoms with E-state index in [9.17, 15) is 9.90 Å². The number of carboxylic acids is 1. The summed E-state index contributed by atoms with van der Waals surface area (Å²) in [5, 5.41) is 14.2. The van der Waals surface area contributed by atoms with Crippen LogP contribution in [0.5, 0.6) is 0 Å². The van der Waals surface area contributed by atoms with Crippen LogP contribution in [0.4, 0.5) is 0 Å². The van der Waals surface area contributed by atoms with Gasteiger partial charge in [0.15, 0.2) is 0 Å². The molecule has 1 heterocycles. The van der Waals surface area contributed by atoms with Crippen molar-refractivity contribution in [3.63, 3.8) is 0 Å². The van der Waals surface area contributed by atoms with Gasteiger partial charge in [0.1, 0.15) is 5.56 Å². The van der Waals surface area contributed by atoms with Crippen molar-refractivity contribution >= 4 is 5.97 Å². The quantitative estimate of drug-likeness (QED) is 0.795. The number of benzene rings is 2. The number of carboxylic acid groups (broad SMARTS) is 1. The minimum Gasteiger partial charge on any atom is -0.478 e. The van der Waals surface area contributed by atoms with Gasteiger partial charge in [0.05, 0.1) is 17.1 Å². The first kappa shape index (κ1) is 14.1. The molecule has 3 rings (SSSR count). The monoisotopic (exact) mass is 292 g/mol. The Balaban J connectivity index is 2.33. The highest BCUT2D eigenvalue weighted by atomic mass is 16.4. The van der Waals surface area contributed by atoms with E-state index in [-0.39, 0.29) is 5.56 Å². The van der Waals surface area contributed by atoms with Gasteiger partial charge in [0, 0.05) is 5.56 Å². The molecule has 0 saturated carbocycles. The maximum absolute atomic E-state index is 11.8. The van der Waals surface area contributed by atoms with Crippen LogP contribution in [0, 0.1) is 0 Å². The summed E-state index contributed by atoms with van der Waals surface area (Å²) in [4.78, 5) is 11.8. The molecule has 0 aliphatic rings. The third kappa shape index (κ3) is 2.39. The highest BCUT2D eigenvalue weighted by Crippen LogP contribution is 2.29. The van der Waals surface area contributed by atoms with Crippen molar-refractivity contribution in [2.75, 3.05) is 0 Å². The predicted molar refractivity (Wildman–Crippen MR) is 85.3 cm³/mol. The Labute approximate surface area is 128 Å². The summed E-state index contributed by atoms with van der Waals surface area (Å²) in [6.45, 7) is 1.92. The fraction of sp³-hybridized carbons (Fsp3) is 0.111. The highest BCUT2D eigenvalue weighted by molar-refractivity contribution is 5.96. The summed E-state index contributed by atoms with van der Waals surface area (Å²) in [5.74, 6) is -0.946. The number of hydrogen-bond donors (Lipinski definition) is 1. The number of para-hydroxylation sites is 1. The molecule has 1 aromatic heterocycles. The van der Waals surface area contributed by atoms with Crippen LogP contribution in [-0.4, -0.2) is 20.9 Å². The molecular weight excluding hydrogens is 276 g/mol. The van der Waals surface area contributed by atoms with Gasteiger partial charge in [-0.15, -0.1) is 0 Å². The van der Waals surface area contributed by atoms with Gasteiger partial charge < -0.3 is 5.11 Å². The molecule has 0 atom stereocenters. The third-order valence-corrected chi connectivity index (χ3v) is 3.55. The van der Waals surface area contributed by atoms with Gasteiger partial charge in [-0.05, 0) is 18.6 Å². The van der Waals surface area contributed by atoms with E-state index in [2.05, 4.69) is 5.10 Å². The van der Waals surface area contributed by atoms with E-state index in [4.69, 9.17) is 0 Å². The number of rotatable bonds is 4. The predicted octanol–water partition coefficient (Wildman–Crippen LogP) is 3.80. The van der Waals surface area contributed by atoms with Crippen molar-refractivity contribution in [1.29, 1.82) is 0 Å². The van der Waals surface area contributed by atoms with Gasteiger partial charge in [0.2, 0.25) is 0 Å². The number of carbonyl (C=O) groups is 1. The Morgan fingerprint density at radius 3 is 2.18 bits per heavy atom. The van der Waals surface area contributed by atoms with Crippen LogP contribution in [0.3, 0.4) is 0 Å². The molecule has 4 nitrogen and oxygen atoms in total. The van der Waals surface area contributed by atoms with Gasteiger partial charge in [-0.25, -0.2) is 9.48 Å². The molecule has 0 bridgehead atoms. The van der Waals surface area contributed by atoms with Gasteiger partial charge in [-0.1, -0.05) is 55.5 Å². The molecule has 110 valence electrons. The lowest BCUT2D eigenvalue weighted by molar-refractivity contribution is 0.0696. The highest BCUT2D eigenvalue weighted by Gasteiger charge is 2.24. The van der Waals surface area contributed by atoms with Crippen LogP contribution in [0.2, 0.25) is 0 Å². The average Bonchev–Trinajstić information content (AvgIpc) is 2.96. The van der Waals surface area contributed by atoms with E-state index in [1.165, 1.54) is 0 Å². The van der Waals surface area contributed by atoms with E-state index in [0.29, 0.717) is 17.8 Å². The second-order valence-electron chi connectivity index (χ2n) is 4.94. The largest absolute Gasteiger partial charge is 0.478 e. The molecule has 0 unspecified atom stereocenters. The molecule has 1 N–H and O–H groups in total. The lowest BCUT2D eigenvalue weighted by Gasteiger charge is -2.08. The molecule has 0 spiro atoms. The van der Waals surface area contributed by atoms with Crippen LogP contribution < -0.4 is 0 Å². The molecule has 3 aromatic rings. The lowest BCUT2D eigenvalue weighted by Crippen LogP contribution is -2.03. The van der Waals surface area contributed by atoms with E-state index < -0.39 is 5.97 Å². The molecular formula is C18H16N2O2. The van der Waals surface area contributed by atoms with Gasteiger partial charge in [-0.2, -0.15) is 5.10 Å². The van der Waals surface area contributed by atoms with Crippen LogP contribution in [-0.2, 0) is 6.42 Å². The summed E-state index contributed by atoms with van der Waals surface area (Å²) in [6.07, 6.45) is 0.571. The zero-order chi connectivity index (χ0) is 15.5. The standard InChI is InChI=1S/C18H16N2O2/c1-2-15-16(18(21)22)17(13-9-5-3-6-10-13)20(19-15)14-11-7-4-8-12-14/h3-12H,2H2,1H3,(H,21,22). The Morgan fingerprint density at radius 1 is 1.05 bits per heavy atom. The fourth-order valence-corrected chi connectivity index (χ4v) is 2.55. The molecule has 0 radical (unpaired) electrons. The Hall–Kier alpha value is -2.88.